The summed E-state index contributed by atoms with van der Waals surface area (Å²) in [5.41, 5.74) is 5.61. The van der Waals surface area contributed by atoms with Gasteiger partial charge in [-0.2, -0.15) is 5.10 Å². The molecule has 5 rings (SSSR count). The summed E-state index contributed by atoms with van der Waals surface area (Å²) >= 11 is 6.41. The van der Waals surface area contributed by atoms with Crippen molar-refractivity contribution in [3.05, 3.63) is 76.8 Å². The van der Waals surface area contributed by atoms with Gasteiger partial charge in [0.25, 0.3) is 0 Å². The number of hydrogen-bond donors (Lipinski definition) is 1. The Bertz CT molecular complexity index is 1180. The molecule has 2 heterocycles. The van der Waals surface area contributed by atoms with Crippen molar-refractivity contribution in [1.82, 2.24) is 9.78 Å². The van der Waals surface area contributed by atoms with Crippen LogP contribution in [0.3, 0.4) is 0 Å². The third kappa shape index (κ3) is 2.87. The molecular weight excluding hydrogens is 366 g/mol. The Morgan fingerprint density at radius 1 is 0.964 bits per heavy atom. The lowest BCUT2D eigenvalue weighted by Crippen LogP contribution is -2.08. The zero-order chi connectivity index (χ0) is 19.1. The lowest BCUT2D eigenvalue weighted by atomic mass is 10.0. The van der Waals surface area contributed by atoms with Gasteiger partial charge in [0.05, 0.1) is 11.4 Å². The van der Waals surface area contributed by atoms with Gasteiger partial charge >= 0.3 is 0 Å². The van der Waals surface area contributed by atoms with Gasteiger partial charge in [0.1, 0.15) is 5.82 Å². The highest BCUT2D eigenvalue weighted by Gasteiger charge is 2.22. The van der Waals surface area contributed by atoms with Gasteiger partial charge in [-0.05, 0) is 60.7 Å². The second-order valence-electron chi connectivity index (χ2n) is 7.42. The average molecular weight is 388 g/mol. The van der Waals surface area contributed by atoms with Crippen LogP contribution in [0.25, 0.3) is 27.7 Å². The smallest absolute Gasteiger partial charge is 0.133 e. The number of nitrogens with one attached hydrogen (secondary N) is 1. The van der Waals surface area contributed by atoms with Crippen molar-refractivity contribution in [2.75, 3.05) is 11.9 Å². The van der Waals surface area contributed by atoms with Crippen LogP contribution in [-0.2, 0) is 6.42 Å². The molecule has 4 aromatic rings. The zero-order valence-electron chi connectivity index (χ0n) is 15.9. The molecule has 1 aliphatic heterocycles. The van der Waals surface area contributed by atoms with Crippen molar-refractivity contribution in [2.45, 2.75) is 26.2 Å². The number of nitrogens with zero attached hydrogens (tertiary/aromatic N) is 2. The van der Waals surface area contributed by atoms with Crippen LogP contribution in [0, 0.1) is 6.92 Å². The number of anilines is 1. The Morgan fingerprint density at radius 2 is 1.82 bits per heavy atom. The lowest BCUT2D eigenvalue weighted by Gasteiger charge is -2.12. The highest BCUT2D eigenvalue weighted by molar-refractivity contribution is 6.31. The maximum absolute atomic E-state index is 6.41. The minimum absolute atomic E-state index is 0.766. The Hall–Kier alpha value is -2.78. The molecule has 28 heavy (non-hydrogen) atoms. The summed E-state index contributed by atoms with van der Waals surface area (Å²) in [5, 5.41) is 12.0. The number of fused-ring (bicyclic) bond motifs is 2. The molecule has 0 saturated heterocycles. The van der Waals surface area contributed by atoms with Crippen LogP contribution in [0.5, 0.6) is 0 Å². The van der Waals surface area contributed by atoms with Crippen LogP contribution in [0.4, 0.5) is 5.82 Å². The van der Waals surface area contributed by atoms with Gasteiger partial charge in [0.15, 0.2) is 0 Å². The van der Waals surface area contributed by atoms with E-state index in [-0.39, 0.29) is 0 Å². The average Bonchev–Trinajstić information content (AvgIpc) is 2.90. The summed E-state index contributed by atoms with van der Waals surface area (Å²) in [7, 11) is 0. The lowest BCUT2D eigenvalue weighted by molar-refractivity contribution is 0.779. The van der Waals surface area contributed by atoms with Crippen molar-refractivity contribution in [3.8, 4) is 16.9 Å². The zero-order valence-corrected chi connectivity index (χ0v) is 16.6. The van der Waals surface area contributed by atoms with Gasteiger partial charge in [0.2, 0.25) is 0 Å². The van der Waals surface area contributed by atoms with Gasteiger partial charge in [-0.15, -0.1) is 0 Å². The van der Waals surface area contributed by atoms with E-state index in [1.807, 2.05) is 16.8 Å². The highest BCUT2D eigenvalue weighted by atomic mass is 35.5. The molecule has 0 aliphatic carbocycles. The first-order valence-corrected chi connectivity index (χ1v) is 10.2. The quantitative estimate of drug-likeness (QED) is 0.431. The molecule has 1 N–H and O–H groups in total. The molecule has 0 spiro atoms. The third-order valence-corrected chi connectivity index (χ3v) is 6.03. The van der Waals surface area contributed by atoms with Crippen molar-refractivity contribution >= 4 is 28.2 Å². The predicted molar refractivity (Wildman–Crippen MR) is 118 cm³/mol. The predicted octanol–water partition coefficient (Wildman–Crippen LogP) is 6.40. The van der Waals surface area contributed by atoms with Crippen molar-refractivity contribution in [3.63, 3.8) is 0 Å². The normalized spacial score (nSPS) is 13.8. The Balaban J connectivity index is 1.74. The van der Waals surface area contributed by atoms with E-state index < -0.39 is 0 Å². The molecule has 1 aliphatic rings. The molecular formula is C24H22ClN3. The third-order valence-electron chi connectivity index (χ3n) is 5.62. The minimum Gasteiger partial charge on any atom is -0.370 e. The Kier molecular flexibility index (Phi) is 4.33. The molecule has 0 unspecified atom stereocenters. The summed E-state index contributed by atoms with van der Waals surface area (Å²) in [6, 6.07) is 21.1. The van der Waals surface area contributed by atoms with Crippen LogP contribution < -0.4 is 5.32 Å². The molecule has 0 saturated carbocycles. The largest absolute Gasteiger partial charge is 0.370 e. The minimum atomic E-state index is 0.766. The number of benzene rings is 3. The van der Waals surface area contributed by atoms with Crippen LogP contribution >= 0.6 is 11.6 Å². The van der Waals surface area contributed by atoms with Crippen LogP contribution in [0.2, 0.25) is 5.02 Å². The molecule has 4 heteroatoms. The summed E-state index contributed by atoms with van der Waals surface area (Å²) in [5.74, 6) is 1.10. The van der Waals surface area contributed by atoms with Gasteiger partial charge in [-0.25, -0.2) is 4.68 Å². The van der Waals surface area contributed by atoms with Gasteiger partial charge in [-0.3, -0.25) is 0 Å². The number of hydrogen-bond acceptors (Lipinski definition) is 2. The van der Waals surface area contributed by atoms with Crippen LogP contribution in [-0.4, -0.2) is 16.3 Å². The van der Waals surface area contributed by atoms with E-state index >= 15 is 0 Å². The summed E-state index contributed by atoms with van der Waals surface area (Å²) in [4.78, 5) is 0. The molecule has 0 fully saturated rings. The summed E-state index contributed by atoms with van der Waals surface area (Å²) < 4.78 is 2.05. The Morgan fingerprint density at radius 3 is 2.71 bits per heavy atom. The molecule has 0 radical (unpaired) electrons. The second kappa shape index (κ2) is 6.99. The van der Waals surface area contributed by atoms with Crippen LogP contribution in [0.1, 0.15) is 24.0 Å². The molecule has 0 bridgehead atoms. The molecule has 3 nitrogen and oxygen atoms in total. The van der Waals surface area contributed by atoms with E-state index in [4.69, 9.17) is 16.7 Å². The van der Waals surface area contributed by atoms with Gasteiger partial charge in [0, 0.05) is 22.7 Å². The van der Waals surface area contributed by atoms with Gasteiger partial charge < -0.3 is 5.32 Å². The fraction of sp³-hybridized carbons (Fsp3) is 0.208. The maximum Gasteiger partial charge on any atom is 0.133 e. The van der Waals surface area contributed by atoms with Crippen molar-refractivity contribution in [2.24, 2.45) is 0 Å². The molecule has 0 amide bonds. The van der Waals surface area contributed by atoms with Crippen molar-refractivity contribution in [1.29, 1.82) is 0 Å². The van der Waals surface area contributed by atoms with E-state index in [1.54, 1.807) is 0 Å². The van der Waals surface area contributed by atoms with E-state index in [9.17, 15) is 0 Å². The van der Waals surface area contributed by atoms with E-state index in [0.29, 0.717) is 0 Å². The molecule has 3 aromatic carbocycles. The van der Waals surface area contributed by atoms with E-state index in [0.717, 1.165) is 46.3 Å². The molecule has 0 atom stereocenters. The molecule has 1 aromatic heterocycles. The first-order chi connectivity index (χ1) is 13.7. The maximum atomic E-state index is 6.41. The van der Waals surface area contributed by atoms with Crippen LogP contribution in [0.15, 0.2) is 60.7 Å². The number of halogens is 1. The monoisotopic (exact) mass is 387 g/mol. The molecule has 140 valence electrons. The van der Waals surface area contributed by atoms with E-state index in [2.05, 4.69) is 60.8 Å². The number of rotatable bonds is 2. The van der Waals surface area contributed by atoms with Crippen molar-refractivity contribution < 1.29 is 0 Å². The van der Waals surface area contributed by atoms with E-state index in [1.165, 1.54) is 29.2 Å². The fourth-order valence-corrected chi connectivity index (χ4v) is 4.24. The Labute approximate surface area is 170 Å². The SMILES string of the molecule is Cc1c(Cl)cccc1-n1nc(-c2ccc3ccccc3c2)c2c1NCCCC2. The number of aromatic nitrogens is 2. The first-order valence-electron chi connectivity index (χ1n) is 9.83. The second-order valence-corrected chi connectivity index (χ2v) is 7.82. The fourth-order valence-electron chi connectivity index (χ4n) is 4.07. The summed E-state index contributed by atoms with van der Waals surface area (Å²) in [6.45, 7) is 3.02. The standard InChI is InChI=1S/C24H22ClN3/c1-16-21(25)10-6-11-22(16)28-24-20(9-4-5-14-26-24)23(27-28)19-13-12-17-7-2-3-8-18(17)15-19/h2-3,6-8,10-13,15,26H,4-5,9,14H2,1H3. The van der Waals surface area contributed by atoms with Gasteiger partial charge in [-0.1, -0.05) is 54.1 Å². The highest BCUT2D eigenvalue weighted by Crippen LogP contribution is 2.36. The summed E-state index contributed by atoms with van der Waals surface area (Å²) in [6.07, 6.45) is 3.37. The topological polar surface area (TPSA) is 29.9 Å². The first kappa shape index (κ1) is 17.3.